The van der Waals surface area contributed by atoms with E-state index in [1.54, 1.807) is 16.0 Å². The molecule has 0 spiro atoms. The van der Waals surface area contributed by atoms with Crippen LogP contribution in [0.25, 0.3) is 0 Å². The highest BCUT2D eigenvalue weighted by molar-refractivity contribution is 5.96. The molecule has 12 nitrogen and oxygen atoms in total. The van der Waals surface area contributed by atoms with E-state index in [1.165, 1.54) is 5.56 Å². The Balaban J connectivity index is 1.27. The zero-order chi connectivity index (χ0) is 30.9. The van der Waals surface area contributed by atoms with Gasteiger partial charge < -0.3 is 35.4 Å². The molecule has 43 heavy (non-hydrogen) atoms. The minimum atomic E-state index is -0.662. The topological polar surface area (TPSA) is 137 Å². The Labute approximate surface area is 253 Å². The maximum atomic E-state index is 12.6. The molecule has 3 aliphatic heterocycles. The number of likely N-dealkylation sites (tertiary alicyclic amines) is 1. The molecular formula is C31H44N8O4. The standard InChI is InChI=1S/C31H44N8O4/c1-30(2,3)43-29(42)37-15-12-31(4,13-16-37)21-8-10-22(11-9-21)34-27-25(26(32)40)33-19-24(35-27)38-14-6-7-23(20-38)39-18-17-36(5)28(39)41/h8-11,19,23H,6-7,12-18,20H2,1-5H3,(H2,32,40)(H,34,35)/t23-/m1/s1. The summed E-state index contributed by atoms with van der Waals surface area (Å²) in [6, 6.07) is 8.25. The number of carbonyl (C=O) groups excluding carboxylic acids is 3. The Bertz CT molecular complexity index is 1350. The van der Waals surface area contributed by atoms with E-state index in [-0.39, 0.29) is 29.3 Å². The van der Waals surface area contributed by atoms with Gasteiger partial charge >= 0.3 is 12.1 Å². The van der Waals surface area contributed by atoms with Crippen LogP contribution in [-0.4, -0.2) is 101 Å². The molecule has 0 aliphatic carbocycles. The normalized spacial score (nSPS) is 20.8. The zero-order valence-corrected chi connectivity index (χ0v) is 25.9. The molecule has 4 amide bonds. The summed E-state index contributed by atoms with van der Waals surface area (Å²) in [6.45, 7) is 12.0. The first-order valence-electron chi connectivity index (χ1n) is 15.1. The lowest BCUT2D eigenvalue weighted by Crippen LogP contribution is -2.49. The van der Waals surface area contributed by atoms with Crippen LogP contribution >= 0.6 is 0 Å². The van der Waals surface area contributed by atoms with Gasteiger partial charge in [-0.3, -0.25) is 4.79 Å². The SMILES string of the molecule is CN1CCN([C@@H]2CCCN(c3cnc(C(N)=O)c(Nc4ccc(C5(C)CCN(C(=O)OC(C)(C)C)CC5)cc4)n3)C2)C1=O. The Morgan fingerprint density at radius 3 is 2.37 bits per heavy atom. The number of anilines is 3. The van der Waals surface area contributed by atoms with Gasteiger partial charge in [0, 0.05) is 52.0 Å². The van der Waals surface area contributed by atoms with Crippen LogP contribution in [0.1, 0.15) is 69.4 Å². The first-order valence-corrected chi connectivity index (χ1v) is 15.1. The molecule has 1 atom stereocenters. The number of hydrogen-bond acceptors (Lipinski definition) is 8. The zero-order valence-electron chi connectivity index (χ0n) is 25.9. The van der Waals surface area contributed by atoms with E-state index in [9.17, 15) is 14.4 Å². The van der Waals surface area contributed by atoms with Gasteiger partial charge in [0.05, 0.1) is 12.2 Å². The lowest BCUT2D eigenvalue weighted by molar-refractivity contribution is 0.0171. The van der Waals surface area contributed by atoms with Crippen LogP contribution in [0.3, 0.4) is 0 Å². The van der Waals surface area contributed by atoms with E-state index in [1.807, 2.05) is 44.9 Å². The van der Waals surface area contributed by atoms with Gasteiger partial charge in [-0.05, 0) is 69.6 Å². The highest BCUT2D eigenvalue weighted by atomic mass is 16.6. The van der Waals surface area contributed by atoms with Crippen LogP contribution in [0.5, 0.6) is 0 Å². The molecule has 4 heterocycles. The van der Waals surface area contributed by atoms with Crippen molar-refractivity contribution in [2.75, 3.05) is 56.5 Å². The number of primary amides is 1. The number of urea groups is 1. The molecule has 5 rings (SSSR count). The predicted octanol–water partition coefficient (Wildman–Crippen LogP) is 3.94. The maximum Gasteiger partial charge on any atom is 0.410 e. The monoisotopic (exact) mass is 592 g/mol. The minimum Gasteiger partial charge on any atom is -0.444 e. The number of rotatable bonds is 6. The number of amides is 4. The third-order valence-corrected chi connectivity index (χ3v) is 8.77. The number of piperidine rings is 2. The minimum absolute atomic E-state index is 0.0651. The third kappa shape index (κ3) is 6.78. The van der Waals surface area contributed by atoms with Crippen LogP contribution in [0, 0.1) is 0 Å². The number of aromatic nitrogens is 2. The van der Waals surface area contributed by atoms with Crippen LogP contribution in [0.4, 0.5) is 26.9 Å². The summed E-state index contributed by atoms with van der Waals surface area (Å²) in [5.41, 5.74) is 7.07. The Morgan fingerprint density at radius 1 is 1.07 bits per heavy atom. The van der Waals surface area contributed by atoms with Gasteiger partial charge in [0.15, 0.2) is 11.5 Å². The number of hydrogen-bond donors (Lipinski definition) is 2. The van der Waals surface area contributed by atoms with Crippen molar-refractivity contribution in [1.82, 2.24) is 24.7 Å². The number of nitrogens with one attached hydrogen (secondary N) is 1. The molecule has 0 bridgehead atoms. The van der Waals surface area contributed by atoms with Gasteiger partial charge in [-0.1, -0.05) is 19.1 Å². The van der Waals surface area contributed by atoms with Gasteiger partial charge in [-0.25, -0.2) is 19.6 Å². The van der Waals surface area contributed by atoms with Crippen molar-refractivity contribution in [1.29, 1.82) is 0 Å². The highest BCUT2D eigenvalue weighted by Gasteiger charge is 2.36. The van der Waals surface area contributed by atoms with Crippen molar-refractivity contribution in [3.63, 3.8) is 0 Å². The van der Waals surface area contributed by atoms with Crippen molar-refractivity contribution in [3.8, 4) is 0 Å². The summed E-state index contributed by atoms with van der Waals surface area (Å²) < 4.78 is 5.55. The highest BCUT2D eigenvalue weighted by Crippen LogP contribution is 2.36. The fraction of sp³-hybridized carbons (Fsp3) is 0.581. The Morgan fingerprint density at radius 2 is 1.77 bits per heavy atom. The fourth-order valence-corrected chi connectivity index (χ4v) is 6.11. The molecule has 3 N–H and O–H groups in total. The van der Waals surface area contributed by atoms with Gasteiger partial charge in [0.2, 0.25) is 0 Å². The molecule has 232 valence electrons. The molecule has 1 aromatic carbocycles. The van der Waals surface area contributed by atoms with Crippen LogP contribution in [0.15, 0.2) is 30.5 Å². The van der Waals surface area contributed by atoms with E-state index in [0.717, 1.165) is 51.0 Å². The second kappa shape index (κ2) is 11.9. The number of nitrogens with zero attached hydrogens (tertiary/aromatic N) is 6. The molecule has 0 radical (unpaired) electrons. The van der Waals surface area contributed by atoms with Crippen LogP contribution in [-0.2, 0) is 10.2 Å². The second-order valence-corrected chi connectivity index (χ2v) is 13.2. The molecule has 1 aromatic heterocycles. The maximum absolute atomic E-state index is 12.6. The molecule has 12 heteroatoms. The van der Waals surface area contributed by atoms with Gasteiger partial charge in [-0.15, -0.1) is 0 Å². The number of likely N-dealkylation sites (N-methyl/N-ethyl adjacent to an activating group) is 1. The summed E-state index contributed by atoms with van der Waals surface area (Å²) in [6.07, 6.45) is 4.84. The number of carbonyl (C=O) groups is 3. The van der Waals surface area contributed by atoms with Crippen molar-refractivity contribution in [2.24, 2.45) is 5.73 Å². The fourth-order valence-electron chi connectivity index (χ4n) is 6.11. The number of nitrogens with two attached hydrogens (primary N) is 1. The van der Waals surface area contributed by atoms with E-state index in [2.05, 4.69) is 34.3 Å². The first kappa shape index (κ1) is 30.4. The van der Waals surface area contributed by atoms with Gasteiger partial charge in [0.25, 0.3) is 5.91 Å². The van der Waals surface area contributed by atoms with Crippen molar-refractivity contribution in [3.05, 3.63) is 41.7 Å². The Kier molecular flexibility index (Phi) is 8.40. The lowest BCUT2D eigenvalue weighted by atomic mass is 9.74. The molecule has 3 aliphatic rings. The van der Waals surface area contributed by atoms with E-state index >= 15 is 0 Å². The largest absolute Gasteiger partial charge is 0.444 e. The molecule has 2 aromatic rings. The summed E-state index contributed by atoms with van der Waals surface area (Å²) >= 11 is 0. The predicted molar refractivity (Wildman–Crippen MR) is 165 cm³/mol. The van der Waals surface area contributed by atoms with Crippen LogP contribution in [0.2, 0.25) is 0 Å². The van der Waals surface area contributed by atoms with Gasteiger partial charge in [-0.2, -0.15) is 0 Å². The molecule has 3 saturated heterocycles. The van der Waals surface area contributed by atoms with E-state index in [4.69, 9.17) is 15.5 Å². The van der Waals surface area contributed by atoms with Crippen molar-refractivity contribution < 1.29 is 19.1 Å². The summed E-state index contributed by atoms with van der Waals surface area (Å²) in [5.74, 6) is 0.275. The van der Waals surface area contributed by atoms with Crippen LogP contribution < -0.4 is 16.0 Å². The molecule has 0 unspecified atom stereocenters. The van der Waals surface area contributed by atoms with Crippen molar-refractivity contribution >= 4 is 35.4 Å². The van der Waals surface area contributed by atoms with Gasteiger partial charge in [0.1, 0.15) is 11.4 Å². The number of ether oxygens (including phenoxy) is 1. The second-order valence-electron chi connectivity index (χ2n) is 13.2. The van der Waals surface area contributed by atoms with E-state index in [0.29, 0.717) is 31.3 Å². The average molecular weight is 593 g/mol. The Hall–Kier alpha value is -4.09. The lowest BCUT2D eigenvalue weighted by Gasteiger charge is -2.40. The number of benzene rings is 1. The average Bonchev–Trinajstić information content (AvgIpc) is 3.30. The molecule has 0 saturated carbocycles. The first-order chi connectivity index (χ1) is 20.3. The third-order valence-electron chi connectivity index (χ3n) is 8.77. The van der Waals surface area contributed by atoms with E-state index < -0.39 is 11.5 Å². The summed E-state index contributed by atoms with van der Waals surface area (Å²) in [5, 5.41) is 3.26. The van der Waals surface area contributed by atoms with Crippen molar-refractivity contribution in [2.45, 2.75) is 70.4 Å². The quantitative estimate of drug-likeness (QED) is 0.515. The molecular weight excluding hydrogens is 548 g/mol. The summed E-state index contributed by atoms with van der Waals surface area (Å²) in [4.78, 5) is 54.1. The molecule has 3 fully saturated rings. The smallest absolute Gasteiger partial charge is 0.410 e. The summed E-state index contributed by atoms with van der Waals surface area (Å²) in [7, 11) is 1.83.